The van der Waals surface area contributed by atoms with Gasteiger partial charge in [0.1, 0.15) is 10.7 Å². The van der Waals surface area contributed by atoms with E-state index in [1.807, 2.05) is 39.8 Å². The molecule has 1 aromatic heterocycles. The molecule has 4 rings (SSSR count). The standard InChI is InChI=1S/C31H35N3O2S/c1-19-14-21(3)29(22(4)15-19)32-18-26-9-11-27(12-10-26)37(35,36)28-13-8-25(7)33-31(28)34-30-23(5)16-20(2)17-24(30)6/h8-17,32H,18H2,1-7H3,(H,33,34). The van der Waals surface area contributed by atoms with Crippen molar-refractivity contribution < 1.29 is 8.42 Å². The summed E-state index contributed by atoms with van der Waals surface area (Å²) in [5.74, 6) is 0.339. The van der Waals surface area contributed by atoms with Gasteiger partial charge in [-0.3, -0.25) is 0 Å². The second-order valence-electron chi connectivity index (χ2n) is 9.97. The molecule has 6 heteroatoms. The number of benzene rings is 3. The molecule has 0 aliphatic carbocycles. The third-order valence-corrected chi connectivity index (χ3v) is 8.39. The highest BCUT2D eigenvalue weighted by Gasteiger charge is 2.23. The van der Waals surface area contributed by atoms with E-state index in [4.69, 9.17) is 0 Å². The Morgan fingerprint density at radius 1 is 0.676 bits per heavy atom. The second kappa shape index (κ2) is 10.4. The molecule has 0 radical (unpaired) electrons. The van der Waals surface area contributed by atoms with Gasteiger partial charge in [-0.2, -0.15) is 0 Å². The fourth-order valence-electron chi connectivity index (χ4n) is 4.91. The molecule has 0 fully saturated rings. The third-order valence-electron chi connectivity index (χ3n) is 6.59. The van der Waals surface area contributed by atoms with Crippen molar-refractivity contribution in [3.8, 4) is 0 Å². The van der Waals surface area contributed by atoms with Gasteiger partial charge in [0.2, 0.25) is 9.84 Å². The summed E-state index contributed by atoms with van der Waals surface area (Å²) >= 11 is 0. The van der Waals surface area contributed by atoms with Gasteiger partial charge in [-0.25, -0.2) is 13.4 Å². The number of hydrogen-bond acceptors (Lipinski definition) is 5. The molecule has 0 amide bonds. The molecule has 5 nitrogen and oxygen atoms in total. The monoisotopic (exact) mass is 513 g/mol. The van der Waals surface area contributed by atoms with E-state index in [9.17, 15) is 8.42 Å². The Labute approximate surface area is 220 Å². The minimum Gasteiger partial charge on any atom is -0.381 e. The number of sulfone groups is 1. The van der Waals surface area contributed by atoms with Crippen LogP contribution in [0.3, 0.4) is 0 Å². The Hall–Kier alpha value is -3.64. The summed E-state index contributed by atoms with van der Waals surface area (Å²) in [5, 5.41) is 6.82. The molecular weight excluding hydrogens is 478 g/mol. The SMILES string of the molecule is Cc1cc(C)c(NCc2ccc(S(=O)(=O)c3ccc(C)nc3Nc3c(C)cc(C)cc3C)cc2)c(C)c1. The second-order valence-corrected chi connectivity index (χ2v) is 11.9. The minimum absolute atomic E-state index is 0.161. The maximum atomic E-state index is 13.7. The van der Waals surface area contributed by atoms with Crippen molar-refractivity contribution in [1.82, 2.24) is 4.98 Å². The van der Waals surface area contributed by atoms with Crippen molar-refractivity contribution in [1.29, 1.82) is 0 Å². The first-order chi connectivity index (χ1) is 17.5. The molecular formula is C31H35N3O2S. The summed E-state index contributed by atoms with van der Waals surface area (Å²) in [6, 6.07) is 18.9. The van der Waals surface area contributed by atoms with Crippen LogP contribution >= 0.6 is 0 Å². The van der Waals surface area contributed by atoms with Crippen LogP contribution in [0.4, 0.5) is 17.2 Å². The molecule has 37 heavy (non-hydrogen) atoms. The largest absolute Gasteiger partial charge is 0.381 e. The van der Waals surface area contributed by atoms with E-state index >= 15 is 0 Å². The van der Waals surface area contributed by atoms with Crippen molar-refractivity contribution in [3.05, 3.63) is 105 Å². The van der Waals surface area contributed by atoms with Crippen molar-refractivity contribution in [3.63, 3.8) is 0 Å². The lowest BCUT2D eigenvalue weighted by Crippen LogP contribution is -2.09. The average Bonchev–Trinajstić information content (AvgIpc) is 2.81. The van der Waals surface area contributed by atoms with Crippen molar-refractivity contribution >= 4 is 27.0 Å². The first-order valence-electron chi connectivity index (χ1n) is 12.4. The van der Waals surface area contributed by atoms with Gasteiger partial charge in [0.05, 0.1) is 4.90 Å². The fourth-order valence-corrected chi connectivity index (χ4v) is 6.26. The quantitative estimate of drug-likeness (QED) is 0.269. The molecule has 2 N–H and O–H groups in total. The lowest BCUT2D eigenvalue weighted by atomic mass is 10.0. The van der Waals surface area contributed by atoms with Gasteiger partial charge < -0.3 is 10.6 Å². The topological polar surface area (TPSA) is 71.1 Å². The molecule has 4 aromatic rings. The lowest BCUT2D eigenvalue weighted by Gasteiger charge is -2.17. The first kappa shape index (κ1) is 26.4. The van der Waals surface area contributed by atoms with Crippen LogP contribution in [0.15, 0.2) is 70.5 Å². The van der Waals surface area contributed by atoms with Crippen LogP contribution in [0.25, 0.3) is 0 Å². The summed E-state index contributed by atoms with van der Waals surface area (Å²) in [6.45, 7) is 14.8. The van der Waals surface area contributed by atoms with E-state index in [1.165, 1.54) is 16.7 Å². The summed E-state index contributed by atoms with van der Waals surface area (Å²) in [7, 11) is -3.79. The number of aromatic nitrogens is 1. The Bertz CT molecular complexity index is 1530. The normalized spacial score (nSPS) is 11.4. The molecule has 0 aliphatic rings. The highest BCUT2D eigenvalue weighted by Crippen LogP contribution is 2.32. The Balaban J connectivity index is 1.61. The summed E-state index contributed by atoms with van der Waals surface area (Å²) in [5.41, 5.74) is 10.6. The molecule has 3 aromatic carbocycles. The molecule has 0 bridgehead atoms. The van der Waals surface area contributed by atoms with Gasteiger partial charge in [-0.05, 0) is 101 Å². The number of nitrogens with one attached hydrogen (secondary N) is 2. The summed E-state index contributed by atoms with van der Waals surface area (Å²) < 4.78 is 27.4. The van der Waals surface area contributed by atoms with Crippen LogP contribution in [0.1, 0.15) is 44.6 Å². The Morgan fingerprint density at radius 2 is 1.19 bits per heavy atom. The third kappa shape index (κ3) is 5.70. The predicted molar refractivity (Wildman–Crippen MR) is 153 cm³/mol. The minimum atomic E-state index is -3.79. The van der Waals surface area contributed by atoms with Crippen LogP contribution in [0, 0.1) is 48.5 Å². The average molecular weight is 514 g/mol. The van der Waals surface area contributed by atoms with Crippen LogP contribution in [0.5, 0.6) is 0 Å². The van der Waals surface area contributed by atoms with Crippen LogP contribution in [-0.4, -0.2) is 13.4 Å². The Morgan fingerprint density at radius 3 is 1.73 bits per heavy atom. The fraction of sp³-hybridized carbons (Fsp3) is 0.258. The van der Waals surface area contributed by atoms with Crippen LogP contribution in [-0.2, 0) is 16.4 Å². The van der Waals surface area contributed by atoms with Crippen molar-refractivity contribution in [2.75, 3.05) is 10.6 Å². The molecule has 0 aliphatic heterocycles. The van der Waals surface area contributed by atoms with E-state index in [-0.39, 0.29) is 9.79 Å². The van der Waals surface area contributed by atoms with Crippen LogP contribution < -0.4 is 10.6 Å². The van der Waals surface area contributed by atoms with E-state index in [1.54, 1.807) is 24.3 Å². The first-order valence-corrected chi connectivity index (χ1v) is 13.9. The van der Waals surface area contributed by atoms with Gasteiger partial charge >= 0.3 is 0 Å². The van der Waals surface area contributed by atoms with E-state index in [2.05, 4.69) is 60.7 Å². The van der Waals surface area contributed by atoms with Gasteiger partial charge in [0, 0.05) is 23.6 Å². The molecule has 1 heterocycles. The Kier molecular flexibility index (Phi) is 7.42. The highest BCUT2D eigenvalue weighted by atomic mass is 32.2. The predicted octanol–water partition coefficient (Wildman–Crippen LogP) is 7.43. The highest BCUT2D eigenvalue weighted by molar-refractivity contribution is 7.91. The molecule has 192 valence electrons. The van der Waals surface area contributed by atoms with Gasteiger partial charge in [0.15, 0.2) is 0 Å². The summed E-state index contributed by atoms with van der Waals surface area (Å²) in [4.78, 5) is 4.97. The molecule has 0 saturated heterocycles. The van der Waals surface area contributed by atoms with Gasteiger partial charge in [-0.15, -0.1) is 0 Å². The van der Waals surface area contributed by atoms with Gasteiger partial charge in [-0.1, -0.05) is 47.5 Å². The molecule has 0 saturated carbocycles. The maximum Gasteiger partial charge on any atom is 0.210 e. The zero-order chi connectivity index (χ0) is 26.9. The number of nitrogens with zero attached hydrogens (tertiary/aromatic N) is 1. The number of pyridine rings is 1. The maximum absolute atomic E-state index is 13.7. The smallest absolute Gasteiger partial charge is 0.210 e. The molecule has 0 spiro atoms. The zero-order valence-corrected chi connectivity index (χ0v) is 23.5. The number of rotatable bonds is 7. The molecule has 0 unspecified atom stereocenters. The van der Waals surface area contributed by atoms with Crippen molar-refractivity contribution in [2.24, 2.45) is 0 Å². The van der Waals surface area contributed by atoms with Crippen LogP contribution in [0.2, 0.25) is 0 Å². The van der Waals surface area contributed by atoms with Crippen molar-refractivity contribution in [2.45, 2.75) is 64.8 Å². The van der Waals surface area contributed by atoms with Gasteiger partial charge in [0.25, 0.3) is 0 Å². The number of anilines is 3. The lowest BCUT2D eigenvalue weighted by molar-refractivity contribution is 0.596. The number of hydrogen-bond donors (Lipinski definition) is 2. The summed E-state index contributed by atoms with van der Waals surface area (Å²) in [6.07, 6.45) is 0. The van der Waals surface area contributed by atoms with E-state index in [0.717, 1.165) is 39.3 Å². The zero-order valence-electron chi connectivity index (χ0n) is 22.7. The van der Waals surface area contributed by atoms with E-state index < -0.39 is 9.84 Å². The number of aryl methyl sites for hydroxylation is 7. The molecule has 0 atom stereocenters. The van der Waals surface area contributed by atoms with E-state index in [0.29, 0.717) is 12.4 Å².